The lowest BCUT2D eigenvalue weighted by molar-refractivity contribution is -0.117. The zero-order valence-electron chi connectivity index (χ0n) is 9.29. The van der Waals surface area contributed by atoms with E-state index in [1.54, 1.807) is 6.92 Å². The molecular weight excluding hydrogens is 208 g/mol. The van der Waals surface area contributed by atoms with Crippen LogP contribution < -0.4 is 0 Å². The number of ketones is 1. The fraction of sp³-hybridized carbons (Fsp3) is 0.462. The Morgan fingerprint density at radius 1 is 1.33 bits per heavy atom. The first-order chi connectivity index (χ1) is 7.13. The zero-order chi connectivity index (χ0) is 11.3. The molecule has 1 atom stereocenters. The van der Waals surface area contributed by atoms with E-state index >= 15 is 0 Å². The van der Waals surface area contributed by atoms with Crippen LogP contribution in [0.25, 0.3) is 0 Å². The largest absolute Gasteiger partial charge is 0.300 e. The highest BCUT2D eigenvalue weighted by Crippen LogP contribution is 2.25. The molecule has 0 radical (unpaired) electrons. The van der Waals surface area contributed by atoms with Gasteiger partial charge in [-0.05, 0) is 43.4 Å². The molecule has 1 nitrogen and oxygen atoms in total. The van der Waals surface area contributed by atoms with Gasteiger partial charge in [-0.15, -0.1) is 0 Å². The predicted molar refractivity (Wildman–Crippen MR) is 64.4 cm³/mol. The number of carbonyl (C=O) groups is 1. The topological polar surface area (TPSA) is 17.1 Å². The minimum atomic E-state index is 0.266. The van der Waals surface area contributed by atoms with Crippen LogP contribution in [0.15, 0.2) is 24.3 Å². The summed E-state index contributed by atoms with van der Waals surface area (Å²) in [5.41, 5.74) is 1.28. The summed E-state index contributed by atoms with van der Waals surface area (Å²) < 4.78 is 0. The van der Waals surface area contributed by atoms with E-state index in [1.807, 2.05) is 12.1 Å². The number of halogens is 1. The van der Waals surface area contributed by atoms with Gasteiger partial charge in [-0.3, -0.25) is 0 Å². The lowest BCUT2D eigenvalue weighted by atomic mass is 9.91. The summed E-state index contributed by atoms with van der Waals surface area (Å²) in [5.74, 6) is 0.744. The maximum atomic E-state index is 10.9. The predicted octanol–water partition coefficient (Wildman–Crippen LogP) is 4.20. The van der Waals surface area contributed by atoms with Gasteiger partial charge in [0, 0.05) is 11.4 Å². The van der Waals surface area contributed by atoms with Crippen molar-refractivity contribution in [1.82, 2.24) is 0 Å². The quantitative estimate of drug-likeness (QED) is 0.733. The van der Waals surface area contributed by atoms with E-state index < -0.39 is 0 Å². The van der Waals surface area contributed by atoms with E-state index in [1.165, 1.54) is 5.56 Å². The van der Waals surface area contributed by atoms with Gasteiger partial charge in [0.15, 0.2) is 0 Å². The van der Waals surface area contributed by atoms with Gasteiger partial charge in [-0.25, -0.2) is 0 Å². The van der Waals surface area contributed by atoms with Crippen LogP contribution in [0.4, 0.5) is 0 Å². The monoisotopic (exact) mass is 224 g/mol. The van der Waals surface area contributed by atoms with Crippen molar-refractivity contribution in [2.75, 3.05) is 0 Å². The first-order valence-electron chi connectivity index (χ1n) is 5.38. The number of rotatable bonds is 5. The smallest absolute Gasteiger partial charge is 0.129 e. The Morgan fingerprint density at radius 3 is 2.40 bits per heavy atom. The summed E-state index contributed by atoms with van der Waals surface area (Å²) in [7, 11) is 0. The minimum Gasteiger partial charge on any atom is -0.300 e. The van der Waals surface area contributed by atoms with Gasteiger partial charge in [-0.1, -0.05) is 30.7 Å². The Labute approximate surface area is 96.5 Å². The van der Waals surface area contributed by atoms with Crippen molar-refractivity contribution in [3.8, 4) is 0 Å². The zero-order valence-corrected chi connectivity index (χ0v) is 10.1. The first kappa shape index (κ1) is 12.3. The van der Waals surface area contributed by atoms with Crippen molar-refractivity contribution >= 4 is 17.4 Å². The molecule has 0 amide bonds. The van der Waals surface area contributed by atoms with Crippen molar-refractivity contribution in [3.05, 3.63) is 34.9 Å². The van der Waals surface area contributed by atoms with Gasteiger partial charge >= 0.3 is 0 Å². The van der Waals surface area contributed by atoms with E-state index in [4.69, 9.17) is 11.6 Å². The number of benzene rings is 1. The molecule has 0 fully saturated rings. The molecule has 0 bridgehead atoms. The van der Waals surface area contributed by atoms with Gasteiger partial charge in [0.1, 0.15) is 5.78 Å². The summed E-state index contributed by atoms with van der Waals surface area (Å²) in [6.45, 7) is 3.80. The molecule has 0 aliphatic carbocycles. The number of Topliss-reactive ketones (excluding diaryl/α,β-unsaturated/α-hetero) is 1. The molecule has 0 aliphatic heterocycles. The van der Waals surface area contributed by atoms with E-state index in [0.717, 1.165) is 17.9 Å². The molecule has 0 N–H and O–H groups in total. The molecule has 15 heavy (non-hydrogen) atoms. The molecule has 1 aromatic rings. The molecule has 0 spiro atoms. The Kier molecular flexibility index (Phi) is 4.83. The third-order valence-electron chi connectivity index (χ3n) is 2.68. The first-order valence-corrected chi connectivity index (χ1v) is 5.76. The average molecular weight is 225 g/mol. The Hall–Kier alpha value is -0.820. The fourth-order valence-corrected chi connectivity index (χ4v) is 1.84. The highest BCUT2D eigenvalue weighted by molar-refractivity contribution is 6.30. The van der Waals surface area contributed by atoms with E-state index in [2.05, 4.69) is 19.1 Å². The van der Waals surface area contributed by atoms with Gasteiger partial charge < -0.3 is 4.79 Å². The minimum absolute atomic E-state index is 0.266. The molecule has 1 rings (SSSR count). The molecule has 82 valence electrons. The Bertz CT molecular complexity index is 316. The Morgan fingerprint density at radius 2 is 1.93 bits per heavy atom. The average Bonchev–Trinajstić information content (AvgIpc) is 2.21. The second-order valence-electron chi connectivity index (χ2n) is 3.90. The van der Waals surface area contributed by atoms with Crippen LogP contribution in [0.3, 0.4) is 0 Å². The van der Waals surface area contributed by atoms with E-state index in [0.29, 0.717) is 12.3 Å². The molecule has 0 aliphatic rings. The summed E-state index contributed by atoms with van der Waals surface area (Å²) in [5, 5.41) is 0.764. The summed E-state index contributed by atoms with van der Waals surface area (Å²) >= 11 is 5.83. The number of hydrogen-bond acceptors (Lipinski definition) is 1. The second kappa shape index (κ2) is 5.92. The van der Waals surface area contributed by atoms with Crippen LogP contribution in [0.2, 0.25) is 5.02 Å². The van der Waals surface area contributed by atoms with Crippen molar-refractivity contribution in [2.24, 2.45) is 0 Å². The van der Waals surface area contributed by atoms with E-state index in [9.17, 15) is 4.79 Å². The lowest BCUT2D eigenvalue weighted by Crippen LogP contribution is -2.00. The normalized spacial score (nSPS) is 12.5. The summed E-state index contributed by atoms with van der Waals surface area (Å²) in [4.78, 5) is 10.9. The van der Waals surface area contributed by atoms with Gasteiger partial charge in [0.25, 0.3) is 0 Å². The van der Waals surface area contributed by atoms with Gasteiger partial charge in [-0.2, -0.15) is 0 Å². The maximum absolute atomic E-state index is 10.9. The summed E-state index contributed by atoms with van der Waals surface area (Å²) in [6, 6.07) is 7.92. The van der Waals surface area contributed by atoms with Crippen LogP contribution >= 0.6 is 11.6 Å². The standard InChI is InChI=1S/C13H17ClO/c1-3-11(5-4-10(2)15)12-6-8-13(14)9-7-12/h6-9,11H,3-5H2,1-2H3. The summed E-state index contributed by atoms with van der Waals surface area (Å²) in [6.07, 6.45) is 2.67. The van der Waals surface area contributed by atoms with Crippen LogP contribution in [-0.2, 0) is 4.79 Å². The Balaban J connectivity index is 2.65. The number of hydrogen-bond donors (Lipinski definition) is 0. The van der Waals surface area contributed by atoms with Crippen molar-refractivity contribution in [3.63, 3.8) is 0 Å². The van der Waals surface area contributed by atoms with Crippen LogP contribution in [0.1, 0.15) is 44.6 Å². The molecule has 0 saturated heterocycles. The molecule has 1 unspecified atom stereocenters. The van der Waals surface area contributed by atoms with E-state index in [-0.39, 0.29) is 5.78 Å². The highest BCUT2D eigenvalue weighted by atomic mass is 35.5. The third-order valence-corrected chi connectivity index (χ3v) is 2.93. The number of carbonyl (C=O) groups excluding carboxylic acids is 1. The van der Waals surface area contributed by atoms with Crippen molar-refractivity contribution in [1.29, 1.82) is 0 Å². The lowest BCUT2D eigenvalue weighted by Gasteiger charge is -2.14. The molecule has 2 heteroatoms. The maximum Gasteiger partial charge on any atom is 0.129 e. The second-order valence-corrected chi connectivity index (χ2v) is 4.33. The van der Waals surface area contributed by atoms with Gasteiger partial charge in [0.2, 0.25) is 0 Å². The van der Waals surface area contributed by atoms with Crippen LogP contribution in [-0.4, -0.2) is 5.78 Å². The molecule has 0 saturated carbocycles. The van der Waals surface area contributed by atoms with Gasteiger partial charge in [0.05, 0.1) is 0 Å². The van der Waals surface area contributed by atoms with Crippen molar-refractivity contribution in [2.45, 2.75) is 39.0 Å². The van der Waals surface area contributed by atoms with Crippen LogP contribution in [0.5, 0.6) is 0 Å². The molecule has 0 heterocycles. The molecule has 1 aromatic carbocycles. The SMILES string of the molecule is CCC(CCC(C)=O)c1ccc(Cl)cc1. The highest BCUT2D eigenvalue weighted by Gasteiger charge is 2.09. The van der Waals surface area contributed by atoms with Crippen LogP contribution in [0, 0.1) is 0 Å². The van der Waals surface area contributed by atoms with Crippen molar-refractivity contribution < 1.29 is 4.79 Å². The molecule has 0 aromatic heterocycles. The fourth-order valence-electron chi connectivity index (χ4n) is 1.72. The third kappa shape index (κ3) is 4.05. The molecular formula is C13H17ClO.